The number of aryl methyl sites for hydroxylation is 1. The molecule has 94 valence electrons. The summed E-state index contributed by atoms with van der Waals surface area (Å²) in [6, 6.07) is 8.70. The van der Waals surface area contributed by atoms with Crippen molar-refractivity contribution in [3.63, 3.8) is 0 Å². The van der Waals surface area contributed by atoms with Crippen LogP contribution in [0.15, 0.2) is 24.3 Å². The lowest BCUT2D eigenvalue weighted by Gasteiger charge is -2.20. The average Bonchev–Trinajstić information content (AvgIpc) is 2.85. The SMILES string of the molecule is CO[C@@H](CCN1CCCC1)c1ccc(C)cc1. The van der Waals surface area contributed by atoms with Crippen LogP contribution >= 0.6 is 0 Å². The Bertz CT molecular complexity index is 327. The molecular formula is C15H23NO. The van der Waals surface area contributed by atoms with Gasteiger partial charge in [-0.05, 0) is 44.8 Å². The molecule has 1 heterocycles. The predicted octanol–water partition coefficient (Wildman–Crippen LogP) is 3.17. The Morgan fingerprint density at radius 1 is 1.18 bits per heavy atom. The maximum Gasteiger partial charge on any atom is 0.0833 e. The lowest BCUT2D eigenvalue weighted by atomic mass is 10.0. The zero-order valence-corrected chi connectivity index (χ0v) is 11.0. The smallest absolute Gasteiger partial charge is 0.0833 e. The van der Waals surface area contributed by atoms with Crippen LogP contribution in [0.2, 0.25) is 0 Å². The van der Waals surface area contributed by atoms with Crippen molar-refractivity contribution >= 4 is 0 Å². The largest absolute Gasteiger partial charge is 0.377 e. The Morgan fingerprint density at radius 3 is 2.41 bits per heavy atom. The fourth-order valence-electron chi connectivity index (χ4n) is 2.51. The van der Waals surface area contributed by atoms with Gasteiger partial charge in [-0.1, -0.05) is 29.8 Å². The van der Waals surface area contributed by atoms with E-state index in [9.17, 15) is 0 Å². The third kappa shape index (κ3) is 3.55. The molecule has 0 amide bonds. The van der Waals surface area contributed by atoms with Gasteiger partial charge in [0.05, 0.1) is 6.10 Å². The number of hydrogen-bond acceptors (Lipinski definition) is 2. The van der Waals surface area contributed by atoms with Crippen LogP contribution in [0.5, 0.6) is 0 Å². The number of likely N-dealkylation sites (tertiary alicyclic amines) is 1. The Hall–Kier alpha value is -0.860. The van der Waals surface area contributed by atoms with Gasteiger partial charge in [-0.15, -0.1) is 0 Å². The summed E-state index contributed by atoms with van der Waals surface area (Å²) in [5.74, 6) is 0. The van der Waals surface area contributed by atoms with Crippen LogP contribution in [-0.2, 0) is 4.74 Å². The van der Waals surface area contributed by atoms with Crippen LogP contribution in [-0.4, -0.2) is 31.6 Å². The molecule has 0 aromatic heterocycles. The molecule has 1 aliphatic rings. The highest BCUT2D eigenvalue weighted by Crippen LogP contribution is 2.22. The van der Waals surface area contributed by atoms with Crippen LogP contribution in [0.3, 0.4) is 0 Å². The van der Waals surface area contributed by atoms with Gasteiger partial charge in [0.1, 0.15) is 0 Å². The van der Waals surface area contributed by atoms with Gasteiger partial charge in [-0.25, -0.2) is 0 Å². The van der Waals surface area contributed by atoms with Crippen molar-refractivity contribution < 1.29 is 4.74 Å². The van der Waals surface area contributed by atoms with Gasteiger partial charge >= 0.3 is 0 Å². The summed E-state index contributed by atoms with van der Waals surface area (Å²) in [6.45, 7) is 5.82. The monoisotopic (exact) mass is 233 g/mol. The minimum atomic E-state index is 0.246. The number of nitrogens with zero attached hydrogens (tertiary/aromatic N) is 1. The minimum absolute atomic E-state index is 0.246. The lowest BCUT2D eigenvalue weighted by molar-refractivity contribution is 0.0860. The third-order valence-corrected chi connectivity index (χ3v) is 3.64. The van der Waals surface area contributed by atoms with Crippen LogP contribution in [0.4, 0.5) is 0 Å². The summed E-state index contributed by atoms with van der Waals surface area (Å²) in [6.07, 6.45) is 4.07. The van der Waals surface area contributed by atoms with Gasteiger partial charge in [0.25, 0.3) is 0 Å². The molecule has 1 fully saturated rings. The maximum atomic E-state index is 5.61. The Balaban J connectivity index is 1.89. The van der Waals surface area contributed by atoms with Crippen molar-refractivity contribution in [2.24, 2.45) is 0 Å². The molecule has 1 aromatic carbocycles. The summed E-state index contributed by atoms with van der Waals surface area (Å²) in [4.78, 5) is 2.54. The fourth-order valence-corrected chi connectivity index (χ4v) is 2.51. The second-order valence-electron chi connectivity index (χ2n) is 4.97. The molecule has 1 atom stereocenters. The van der Waals surface area contributed by atoms with Crippen LogP contribution in [0.1, 0.15) is 36.5 Å². The molecule has 2 nitrogen and oxygen atoms in total. The van der Waals surface area contributed by atoms with Gasteiger partial charge in [-0.3, -0.25) is 0 Å². The number of rotatable bonds is 5. The number of methoxy groups -OCH3 is 1. The van der Waals surface area contributed by atoms with E-state index in [1.54, 1.807) is 0 Å². The molecule has 0 N–H and O–H groups in total. The summed E-state index contributed by atoms with van der Waals surface area (Å²) in [5.41, 5.74) is 2.61. The topological polar surface area (TPSA) is 12.5 Å². The second-order valence-corrected chi connectivity index (χ2v) is 4.97. The second kappa shape index (κ2) is 6.18. The molecule has 0 radical (unpaired) electrons. The predicted molar refractivity (Wildman–Crippen MR) is 71.2 cm³/mol. The first-order valence-electron chi connectivity index (χ1n) is 6.61. The first-order chi connectivity index (χ1) is 8.29. The van der Waals surface area contributed by atoms with E-state index >= 15 is 0 Å². The van der Waals surface area contributed by atoms with E-state index in [2.05, 4.69) is 36.1 Å². The normalized spacial score (nSPS) is 18.5. The molecule has 1 saturated heterocycles. The Labute approximate surface area is 105 Å². The molecule has 2 heteroatoms. The highest BCUT2D eigenvalue weighted by atomic mass is 16.5. The molecular weight excluding hydrogens is 210 g/mol. The molecule has 2 rings (SSSR count). The summed E-state index contributed by atoms with van der Waals surface area (Å²) in [7, 11) is 1.81. The quantitative estimate of drug-likeness (QED) is 0.774. The molecule has 0 spiro atoms. The fraction of sp³-hybridized carbons (Fsp3) is 0.600. The molecule has 0 aliphatic carbocycles. The van der Waals surface area contributed by atoms with Crippen molar-refractivity contribution in [1.29, 1.82) is 0 Å². The molecule has 1 aromatic rings. The zero-order chi connectivity index (χ0) is 12.1. The molecule has 0 bridgehead atoms. The van der Waals surface area contributed by atoms with E-state index in [0.29, 0.717) is 0 Å². The third-order valence-electron chi connectivity index (χ3n) is 3.64. The lowest BCUT2D eigenvalue weighted by Crippen LogP contribution is -2.22. The van der Waals surface area contributed by atoms with Crippen molar-refractivity contribution in [3.05, 3.63) is 35.4 Å². The minimum Gasteiger partial charge on any atom is -0.377 e. The Kier molecular flexibility index (Phi) is 4.57. The first-order valence-corrected chi connectivity index (χ1v) is 6.61. The van der Waals surface area contributed by atoms with E-state index in [-0.39, 0.29) is 6.10 Å². The summed E-state index contributed by atoms with van der Waals surface area (Å²) in [5, 5.41) is 0. The van der Waals surface area contributed by atoms with Crippen LogP contribution in [0, 0.1) is 6.92 Å². The maximum absolute atomic E-state index is 5.61. The van der Waals surface area contributed by atoms with E-state index in [4.69, 9.17) is 4.74 Å². The van der Waals surface area contributed by atoms with E-state index in [1.807, 2.05) is 7.11 Å². The number of hydrogen-bond donors (Lipinski definition) is 0. The van der Waals surface area contributed by atoms with Gasteiger partial charge in [0, 0.05) is 13.7 Å². The summed E-state index contributed by atoms with van der Waals surface area (Å²) >= 11 is 0. The van der Waals surface area contributed by atoms with Crippen molar-refractivity contribution in [3.8, 4) is 0 Å². The summed E-state index contributed by atoms with van der Waals surface area (Å²) < 4.78 is 5.61. The van der Waals surface area contributed by atoms with E-state index < -0.39 is 0 Å². The highest BCUT2D eigenvalue weighted by Gasteiger charge is 2.15. The van der Waals surface area contributed by atoms with Crippen molar-refractivity contribution in [2.75, 3.05) is 26.7 Å². The first kappa shape index (κ1) is 12.6. The van der Waals surface area contributed by atoms with Gasteiger partial charge in [0.15, 0.2) is 0 Å². The highest BCUT2D eigenvalue weighted by molar-refractivity contribution is 5.23. The average molecular weight is 233 g/mol. The molecule has 1 aliphatic heterocycles. The van der Waals surface area contributed by atoms with Gasteiger partial charge in [0.2, 0.25) is 0 Å². The molecule has 0 unspecified atom stereocenters. The van der Waals surface area contributed by atoms with Gasteiger partial charge < -0.3 is 9.64 Å². The van der Waals surface area contributed by atoms with E-state index in [0.717, 1.165) is 13.0 Å². The number of ether oxygens (including phenoxy) is 1. The zero-order valence-electron chi connectivity index (χ0n) is 11.0. The van der Waals surface area contributed by atoms with Crippen molar-refractivity contribution in [1.82, 2.24) is 4.90 Å². The van der Waals surface area contributed by atoms with Crippen LogP contribution < -0.4 is 0 Å². The number of benzene rings is 1. The molecule has 17 heavy (non-hydrogen) atoms. The van der Waals surface area contributed by atoms with E-state index in [1.165, 1.54) is 37.1 Å². The Morgan fingerprint density at radius 2 is 1.82 bits per heavy atom. The van der Waals surface area contributed by atoms with Crippen LogP contribution in [0.25, 0.3) is 0 Å². The van der Waals surface area contributed by atoms with Gasteiger partial charge in [-0.2, -0.15) is 0 Å². The van der Waals surface area contributed by atoms with Crippen molar-refractivity contribution in [2.45, 2.75) is 32.3 Å². The molecule has 0 saturated carbocycles. The standard InChI is InChI=1S/C15H23NO/c1-13-5-7-14(8-6-13)15(17-2)9-12-16-10-3-4-11-16/h5-8,15H,3-4,9-12H2,1-2H3/t15-/m0/s1.